The van der Waals surface area contributed by atoms with Gasteiger partial charge in [0.05, 0.1) is 0 Å². The molecule has 1 fully saturated rings. The van der Waals surface area contributed by atoms with Crippen molar-refractivity contribution in [3.8, 4) is 0 Å². The number of aliphatic hydroxyl groups is 1. The summed E-state index contributed by atoms with van der Waals surface area (Å²) in [6.45, 7) is 11.0. The van der Waals surface area contributed by atoms with Gasteiger partial charge in [0.25, 0.3) is 0 Å². The van der Waals surface area contributed by atoms with Gasteiger partial charge >= 0.3 is 0 Å². The number of benzene rings is 1. The normalized spacial score (nSPS) is 22.6. The van der Waals surface area contributed by atoms with Gasteiger partial charge in [0.1, 0.15) is 6.10 Å². The predicted molar refractivity (Wildman–Crippen MR) is 113 cm³/mol. The van der Waals surface area contributed by atoms with Gasteiger partial charge in [-0.1, -0.05) is 44.2 Å². The molecule has 2 atom stereocenters. The number of nitrogens with zero attached hydrogens (tertiary/aromatic N) is 1. The molecule has 0 aliphatic carbocycles. The quantitative estimate of drug-likeness (QED) is 0.657. The van der Waals surface area contributed by atoms with E-state index < -0.39 is 0 Å². The van der Waals surface area contributed by atoms with Gasteiger partial charge in [0.15, 0.2) is 0 Å². The van der Waals surface area contributed by atoms with E-state index in [-0.39, 0.29) is 35.7 Å². The molecule has 1 aliphatic heterocycles. The Hall–Kier alpha value is -1.43. The summed E-state index contributed by atoms with van der Waals surface area (Å²) in [4.78, 5) is 18.8. The molecule has 5 nitrogen and oxygen atoms in total. The van der Waals surface area contributed by atoms with E-state index in [9.17, 15) is 4.79 Å². The van der Waals surface area contributed by atoms with Crippen molar-refractivity contribution < 1.29 is 14.7 Å². The molecule has 1 aliphatic rings. The van der Waals surface area contributed by atoms with Crippen molar-refractivity contribution in [1.29, 1.82) is 0 Å². The van der Waals surface area contributed by atoms with Crippen molar-refractivity contribution in [1.82, 2.24) is 10.4 Å². The molecule has 1 aromatic carbocycles. The van der Waals surface area contributed by atoms with Gasteiger partial charge < -0.3 is 10.4 Å². The van der Waals surface area contributed by atoms with Crippen LogP contribution < -0.4 is 5.32 Å². The van der Waals surface area contributed by atoms with E-state index in [0.29, 0.717) is 12.8 Å². The van der Waals surface area contributed by atoms with Crippen LogP contribution in [-0.4, -0.2) is 39.8 Å². The van der Waals surface area contributed by atoms with E-state index in [1.54, 1.807) is 0 Å². The lowest BCUT2D eigenvalue weighted by Crippen LogP contribution is -2.66. The van der Waals surface area contributed by atoms with Crippen LogP contribution >= 0.6 is 0 Å². The van der Waals surface area contributed by atoms with Crippen LogP contribution in [0.15, 0.2) is 30.3 Å². The number of nitrogens with one attached hydrogen (secondary N) is 1. The van der Waals surface area contributed by atoms with E-state index >= 15 is 0 Å². The van der Waals surface area contributed by atoms with Gasteiger partial charge in [0.2, 0.25) is 5.91 Å². The van der Waals surface area contributed by atoms with Crippen LogP contribution in [0.1, 0.15) is 84.8 Å². The minimum absolute atomic E-state index is 0.0305. The first-order valence-electron chi connectivity index (χ1n) is 10.7. The van der Waals surface area contributed by atoms with Crippen LogP contribution in [0.4, 0.5) is 0 Å². The lowest BCUT2D eigenvalue weighted by Gasteiger charge is -2.57. The molecule has 2 rings (SSSR count). The van der Waals surface area contributed by atoms with Crippen molar-refractivity contribution in [3.63, 3.8) is 0 Å². The highest BCUT2D eigenvalue weighted by atomic mass is 16.7. The van der Waals surface area contributed by atoms with Gasteiger partial charge in [-0.05, 0) is 58.4 Å². The predicted octanol–water partition coefficient (Wildman–Crippen LogP) is 4.37. The second-order valence-corrected chi connectivity index (χ2v) is 8.70. The van der Waals surface area contributed by atoms with Crippen molar-refractivity contribution >= 4 is 5.91 Å². The highest BCUT2D eigenvalue weighted by Gasteiger charge is 2.50. The molecule has 0 saturated carbocycles. The summed E-state index contributed by atoms with van der Waals surface area (Å²) in [5, 5.41) is 14.4. The van der Waals surface area contributed by atoms with Crippen LogP contribution in [0.25, 0.3) is 0 Å². The maximum absolute atomic E-state index is 12.2. The number of hydroxylamine groups is 2. The van der Waals surface area contributed by atoms with Crippen molar-refractivity contribution in [3.05, 3.63) is 35.9 Å². The van der Waals surface area contributed by atoms with Crippen molar-refractivity contribution in [2.75, 3.05) is 6.61 Å². The molecule has 0 radical (unpaired) electrons. The second-order valence-electron chi connectivity index (χ2n) is 8.70. The van der Waals surface area contributed by atoms with E-state index in [1.807, 2.05) is 18.2 Å². The first-order chi connectivity index (χ1) is 13.3. The van der Waals surface area contributed by atoms with Gasteiger partial charge in [0, 0.05) is 30.1 Å². The molecule has 1 amide bonds. The molecular weight excluding hydrogens is 352 g/mol. The zero-order chi connectivity index (χ0) is 20.8. The summed E-state index contributed by atoms with van der Waals surface area (Å²) in [6, 6.07) is 10.4. The second kappa shape index (κ2) is 9.86. The third-order valence-electron chi connectivity index (χ3n) is 6.13. The van der Waals surface area contributed by atoms with E-state index in [4.69, 9.17) is 9.94 Å². The molecule has 28 heavy (non-hydrogen) atoms. The highest BCUT2D eigenvalue weighted by molar-refractivity contribution is 5.76. The lowest BCUT2D eigenvalue weighted by atomic mass is 9.74. The topological polar surface area (TPSA) is 61.8 Å². The largest absolute Gasteiger partial charge is 0.396 e. The summed E-state index contributed by atoms with van der Waals surface area (Å²) in [5.41, 5.74) is 0.834. The molecule has 1 saturated heterocycles. The van der Waals surface area contributed by atoms with E-state index in [0.717, 1.165) is 25.7 Å². The Morgan fingerprint density at radius 2 is 1.89 bits per heavy atom. The zero-order valence-corrected chi connectivity index (χ0v) is 18.2. The van der Waals surface area contributed by atoms with Gasteiger partial charge in [-0.3, -0.25) is 9.63 Å². The molecular formula is C23H38N2O3. The maximum Gasteiger partial charge on any atom is 0.220 e. The summed E-state index contributed by atoms with van der Waals surface area (Å²) in [5.74, 6) is 0.0305. The average Bonchev–Trinajstić information content (AvgIpc) is 2.68. The van der Waals surface area contributed by atoms with Crippen LogP contribution in [0.2, 0.25) is 0 Å². The molecule has 158 valence electrons. The molecule has 0 aromatic heterocycles. The zero-order valence-electron chi connectivity index (χ0n) is 18.2. The van der Waals surface area contributed by atoms with Gasteiger partial charge in [-0.15, -0.1) is 0 Å². The Morgan fingerprint density at radius 1 is 1.25 bits per heavy atom. The molecule has 1 aromatic rings. The Balaban J connectivity index is 2.19. The fourth-order valence-corrected chi connectivity index (χ4v) is 4.61. The number of rotatable bonds is 9. The summed E-state index contributed by atoms with van der Waals surface area (Å²) < 4.78 is 0. The average molecular weight is 391 g/mol. The van der Waals surface area contributed by atoms with Crippen LogP contribution in [0.3, 0.4) is 0 Å². The van der Waals surface area contributed by atoms with Crippen LogP contribution in [0, 0.1) is 0 Å². The fraction of sp³-hybridized carbons (Fsp3) is 0.696. The van der Waals surface area contributed by atoms with Crippen LogP contribution in [0.5, 0.6) is 0 Å². The SMILES string of the molecule is CCC1(CC)CC(NC(=O)CCCO)CC(C)(C)N1OC(C)c1ccccc1. The first kappa shape index (κ1) is 22.9. The fourth-order valence-electron chi connectivity index (χ4n) is 4.61. The number of carbonyl (C=O) groups excluding carboxylic acids is 1. The van der Waals surface area contributed by atoms with Crippen molar-refractivity contribution in [2.45, 2.75) is 96.4 Å². The number of carbonyl (C=O) groups is 1. The number of amides is 1. The van der Waals surface area contributed by atoms with E-state index in [2.05, 4.69) is 57.1 Å². The minimum Gasteiger partial charge on any atom is -0.396 e. The third-order valence-corrected chi connectivity index (χ3v) is 6.13. The number of hydrogen-bond acceptors (Lipinski definition) is 4. The summed E-state index contributed by atoms with van der Waals surface area (Å²) >= 11 is 0. The van der Waals surface area contributed by atoms with Gasteiger partial charge in [-0.2, -0.15) is 5.06 Å². The molecule has 5 heteroatoms. The number of aliphatic hydroxyl groups excluding tert-OH is 1. The van der Waals surface area contributed by atoms with Gasteiger partial charge in [-0.25, -0.2) is 0 Å². The first-order valence-corrected chi connectivity index (χ1v) is 10.7. The lowest BCUT2D eigenvalue weighted by molar-refractivity contribution is -0.316. The molecule has 0 bridgehead atoms. The Labute approximate surface area is 170 Å². The number of hydrogen-bond donors (Lipinski definition) is 2. The van der Waals surface area contributed by atoms with Crippen molar-refractivity contribution in [2.24, 2.45) is 0 Å². The monoisotopic (exact) mass is 390 g/mol. The van der Waals surface area contributed by atoms with Crippen LogP contribution in [-0.2, 0) is 9.63 Å². The Bertz CT molecular complexity index is 614. The standard InChI is InChI=1S/C23H38N2O3/c1-6-23(7-2)17-20(24-21(27)14-11-15-26)16-22(4,5)25(23)28-18(3)19-12-9-8-10-13-19/h8-10,12-13,18,20,26H,6-7,11,14-17H2,1-5H3,(H,24,27). The third kappa shape index (κ3) is 5.34. The number of piperidine rings is 1. The molecule has 0 spiro atoms. The highest BCUT2D eigenvalue weighted by Crippen LogP contribution is 2.44. The van der Waals surface area contributed by atoms with E-state index in [1.165, 1.54) is 5.56 Å². The molecule has 2 unspecified atom stereocenters. The smallest absolute Gasteiger partial charge is 0.220 e. The minimum atomic E-state index is -0.206. The summed E-state index contributed by atoms with van der Waals surface area (Å²) in [6.07, 6.45) is 4.47. The summed E-state index contributed by atoms with van der Waals surface area (Å²) in [7, 11) is 0. The maximum atomic E-state index is 12.2. The molecule has 2 N–H and O–H groups in total. The molecule has 1 heterocycles. The Kier molecular flexibility index (Phi) is 8.05. The Morgan fingerprint density at radius 3 is 2.46 bits per heavy atom.